The van der Waals surface area contributed by atoms with Gasteiger partial charge in [0.15, 0.2) is 6.10 Å². The van der Waals surface area contributed by atoms with Crippen LogP contribution in [0, 0.1) is 13.8 Å². The van der Waals surface area contributed by atoms with Gasteiger partial charge in [-0.25, -0.2) is 8.42 Å². The second-order valence-electron chi connectivity index (χ2n) is 7.61. The van der Waals surface area contributed by atoms with Crippen LogP contribution in [0.25, 0.3) is 0 Å². The Kier molecular flexibility index (Phi) is 7.26. The first-order valence-electron chi connectivity index (χ1n) is 10.3. The van der Waals surface area contributed by atoms with Crippen molar-refractivity contribution in [1.82, 2.24) is 0 Å². The van der Waals surface area contributed by atoms with Gasteiger partial charge in [0.2, 0.25) is 0 Å². The number of halogens is 1. The fourth-order valence-electron chi connectivity index (χ4n) is 3.22. The van der Waals surface area contributed by atoms with Crippen LogP contribution in [0.2, 0.25) is 5.02 Å². The average Bonchev–Trinajstić information content (AvgIpc) is 2.76. The lowest BCUT2D eigenvalue weighted by Crippen LogP contribution is -2.44. The number of sulfonamides is 1. The Morgan fingerprint density at radius 1 is 1.00 bits per heavy atom. The van der Waals surface area contributed by atoms with E-state index in [-0.39, 0.29) is 10.6 Å². The number of aryl methyl sites for hydroxylation is 3. The Hall–Kier alpha value is -2.83. The van der Waals surface area contributed by atoms with Crippen LogP contribution in [0.5, 0.6) is 5.75 Å². The minimum absolute atomic E-state index is 0.0332. The van der Waals surface area contributed by atoms with E-state index in [1.165, 1.54) is 19.1 Å². The van der Waals surface area contributed by atoms with Gasteiger partial charge in [0.05, 0.1) is 10.6 Å². The van der Waals surface area contributed by atoms with Crippen molar-refractivity contribution in [2.45, 2.75) is 45.1 Å². The number of benzene rings is 3. The van der Waals surface area contributed by atoms with Crippen LogP contribution >= 0.6 is 11.6 Å². The van der Waals surface area contributed by atoms with Gasteiger partial charge in [0, 0.05) is 5.02 Å². The van der Waals surface area contributed by atoms with E-state index in [0.717, 1.165) is 27.4 Å². The number of ether oxygens (including phenoxy) is 1. The molecule has 3 aromatic carbocycles. The zero-order valence-corrected chi connectivity index (χ0v) is 20.1. The molecular weight excluding hydrogens is 446 g/mol. The smallest absolute Gasteiger partial charge is 0.281 e. The number of carbonyl (C=O) groups excluding carboxylic acids is 1. The highest BCUT2D eigenvalue weighted by atomic mass is 35.5. The number of hydrogen-bond donors (Lipinski definition) is 0. The molecule has 7 heteroatoms. The second kappa shape index (κ2) is 9.76. The van der Waals surface area contributed by atoms with E-state index in [4.69, 9.17) is 16.3 Å². The van der Waals surface area contributed by atoms with Gasteiger partial charge in [-0.3, -0.25) is 4.79 Å². The van der Waals surface area contributed by atoms with Crippen LogP contribution in [-0.2, 0) is 21.2 Å². The van der Waals surface area contributed by atoms with Crippen molar-refractivity contribution in [2.24, 2.45) is 0 Å². The maximum Gasteiger partial charge on any atom is 0.281 e. The largest absolute Gasteiger partial charge is 0.481 e. The summed E-state index contributed by atoms with van der Waals surface area (Å²) in [7, 11) is -4.16. The summed E-state index contributed by atoms with van der Waals surface area (Å²) in [5.74, 6) is -0.228. The van der Waals surface area contributed by atoms with Gasteiger partial charge < -0.3 is 4.74 Å². The lowest BCUT2D eigenvalue weighted by Gasteiger charge is -2.26. The fourth-order valence-corrected chi connectivity index (χ4v) is 4.92. The van der Waals surface area contributed by atoms with Crippen LogP contribution in [0.1, 0.15) is 30.5 Å². The molecule has 3 rings (SSSR count). The Morgan fingerprint density at radius 3 is 2.19 bits per heavy atom. The molecule has 0 aliphatic carbocycles. The zero-order valence-electron chi connectivity index (χ0n) is 18.5. The van der Waals surface area contributed by atoms with Crippen molar-refractivity contribution in [3.05, 3.63) is 88.4 Å². The summed E-state index contributed by atoms with van der Waals surface area (Å²) in [6.45, 7) is 7.22. The lowest BCUT2D eigenvalue weighted by atomic mass is 10.1. The van der Waals surface area contributed by atoms with Crippen LogP contribution in [0.15, 0.2) is 71.6 Å². The van der Waals surface area contributed by atoms with Gasteiger partial charge in [-0.05, 0) is 80.8 Å². The Bertz CT molecular complexity index is 1210. The lowest BCUT2D eigenvalue weighted by molar-refractivity contribution is -0.123. The number of hydrogen-bond acceptors (Lipinski definition) is 4. The van der Waals surface area contributed by atoms with Crippen molar-refractivity contribution >= 4 is 33.2 Å². The highest BCUT2D eigenvalue weighted by Crippen LogP contribution is 2.28. The summed E-state index contributed by atoms with van der Waals surface area (Å²) in [6.07, 6.45) is -0.255. The summed E-state index contributed by atoms with van der Waals surface area (Å²) in [5.41, 5.74) is 2.97. The standard InChI is InChI=1S/C25H26ClNO4S/c1-5-20-8-11-22(12-9-20)27(32(29,30)23-13-6-17(2)7-14-23)25(28)19(4)31-24-15-10-21(26)16-18(24)3/h6-16,19H,5H2,1-4H3. The maximum absolute atomic E-state index is 13.5. The topological polar surface area (TPSA) is 63.7 Å². The van der Waals surface area contributed by atoms with Gasteiger partial charge in [-0.1, -0.05) is 48.4 Å². The fraction of sp³-hybridized carbons (Fsp3) is 0.240. The number of carbonyl (C=O) groups is 1. The molecule has 1 unspecified atom stereocenters. The molecule has 0 fully saturated rings. The monoisotopic (exact) mass is 471 g/mol. The molecule has 0 bridgehead atoms. The number of anilines is 1. The SMILES string of the molecule is CCc1ccc(N(C(=O)C(C)Oc2ccc(Cl)cc2C)S(=O)(=O)c2ccc(C)cc2)cc1. The summed E-state index contributed by atoms with van der Waals surface area (Å²) in [6, 6.07) is 18.4. The minimum atomic E-state index is -4.16. The zero-order chi connectivity index (χ0) is 23.5. The Morgan fingerprint density at radius 2 is 1.62 bits per heavy atom. The van der Waals surface area contributed by atoms with E-state index in [1.54, 1.807) is 42.5 Å². The first-order valence-corrected chi connectivity index (χ1v) is 12.1. The van der Waals surface area contributed by atoms with Crippen molar-refractivity contribution in [1.29, 1.82) is 0 Å². The highest BCUT2D eigenvalue weighted by molar-refractivity contribution is 7.93. The predicted molar refractivity (Wildman–Crippen MR) is 128 cm³/mol. The summed E-state index contributed by atoms with van der Waals surface area (Å²) in [5, 5.41) is 0.549. The average molecular weight is 472 g/mol. The van der Waals surface area contributed by atoms with Crippen LogP contribution in [-0.4, -0.2) is 20.4 Å². The molecule has 0 aliphatic heterocycles. The van der Waals surface area contributed by atoms with Gasteiger partial charge in [0.1, 0.15) is 5.75 Å². The van der Waals surface area contributed by atoms with Crippen molar-refractivity contribution in [2.75, 3.05) is 4.31 Å². The van der Waals surface area contributed by atoms with E-state index in [9.17, 15) is 13.2 Å². The normalized spacial score (nSPS) is 12.3. The van der Waals surface area contributed by atoms with Crippen LogP contribution in [0.3, 0.4) is 0 Å². The molecule has 168 valence electrons. The Balaban J connectivity index is 2.02. The highest BCUT2D eigenvalue weighted by Gasteiger charge is 2.35. The molecule has 5 nitrogen and oxygen atoms in total. The first-order chi connectivity index (χ1) is 15.1. The predicted octanol–water partition coefficient (Wildman–Crippen LogP) is 5.71. The van der Waals surface area contributed by atoms with E-state index in [2.05, 4.69) is 0 Å². The molecule has 0 N–H and O–H groups in total. The van der Waals surface area contributed by atoms with E-state index < -0.39 is 22.0 Å². The molecule has 1 amide bonds. The third-order valence-corrected chi connectivity index (χ3v) is 7.10. The number of amides is 1. The van der Waals surface area contributed by atoms with Gasteiger partial charge >= 0.3 is 0 Å². The van der Waals surface area contributed by atoms with E-state index in [1.807, 2.05) is 32.9 Å². The van der Waals surface area contributed by atoms with Crippen molar-refractivity contribution < 1.29 is 17.9 Å². The molecule has 1 atom stereocenters. The van der Waals surface area contributed by atoms with Gasteiger partial charge in [-0.2, -0.15) is 4.31 Å². The second-order valence-corrected chi connectivity index (χ2v) is 9.83. The molecule has 0 heterocycles. The summed E-state index contributed by atoms with van der Waals surface area (Å²) >= 11 is 6.00. The molecule has 3 aromatic rings. The molecule has 0 aliphatic rings. The third-order valence-electron chi connectivity index (χ3n) is 5.13. The third kappa shape index (κ3) is 5.14. The number of nitrogens with zero attached hydrogens (tertiary/aromatic N) is 1. The van der Waals surface area contributed by atoms with Crippen molar-refractivity contribution in [3.63, 3.8) is 0 Å². The van der Waals surface area contributed by atoms with Gasteiger partial charge in [0.25, 0.3) is 15.9 Å². The molecule has 32 heavy (non-hydrogen) atoms. The van der Waals surface area contributed by atoms with Gasteiger partial charge in [-0.15, -0.1) is 0 Å². The molecule has 0 saturated heterocycles. The molecule has 0 spiro atoms. The summed E-state index contributed by atoms with van der Waals surface area (Å²) in [4.78, 5) is 13.5. The molecule has 0 aromatic heterocycles. The van der Waals surface area contributed by atoms with Crippen molar-refractivity contribution in [3.8, 4) is 5.75 Å². The van der Waals surface area contributed by atoms with E-state index in [0.29, 0.717) is 10.8 Å². The van der Waals surface area contributed by atoms with Crippen LogP contribution < -0.4 is 9.04 Å². The Labute approximate surface area is 194 Å². The molecule has 0 radical (unpaired) electrons. The quantitative estimate of drug-likeness (QED) is 0.442. The minimum Gasteiger partial charge on any atom is -0.481 e. The van der Waals surface area contributed by atoms with E-state index >= 15 is 0 Å². The molecular formula is C25H26ClNO4S. The number of rotatable bonds is 7. The maximum atomic E-state index is 13.5. The summed E-state index contributed by atoms with van der Waals surface area (Å²) < 4.78 is 33.8. The first kappa shape index (κ1) is 23.8. The molecule has 0 saturated carbocycles. The van der Waals surface area contributed by atoms with Crippen LogP contribution in [0.4, 0.5) is 5.69 Å².